The van der Waals surface area contributed by atoms with E-state index < -0.39 is 5.97 Å². The van der Waals surface area contributed by atoms with Gasteiger partial charge in [-0.25, -0.2) is 0 Å². The van der Waals surface area contributed by atoms with Gasteiger partial charge in [-0.1, -0.05) is 30.3 Å². The second-order valence-corrected chi connectivity index (χ2v) is 5.06. The van der Waals surface area contributed by atoms with Gasteiger partial charge < -0.3 is 10.4 Å². The van der Waals surface area contributed by atoms with Gasteiger partial charge in [-0.2, -0.15) is 0 Å². The van der Waals surface area contributed by atoms with Gasteiger partial charge >= 0.3 is 5.97 Å². The minimum absolute atomic E-state index is 0.0576. The molecule has 0 atom stereocenters. The molecule has 0 bridgehead atoms. The second-order valence-electron chi connectivity index (χ2n) is 5.06. The molecule has 106 valence electrons. The number of carbonyl (C=O) groups excluding carboxylic acids is 2. The molecule has 20 heavy (non-hydrogen) atoms. The van der Waals surface area contributed by atoms with E-state index in [1.165, 1.54) is 0 Å². The van der Waals surface area contributed by atoms with E-state index >= 15 is 0 Å². The first-order valence-corrected chi connectivity index (χ1v) is 6.66. The zero-order chi connectivity index (χ0) is 14.5. The molecule has 2 rings (SSSR count). The molecule has 1 aromatic carbocycles. The Labute approximate surface area is 117 Å². The summed E-state index contributed by atoms with van der Waals surface area (Å²) in [7, 11) is 0. The molecule has 0 aliphatic heterocycles. The molecule has 1 saturated carbocycles. The van der Waals surface area contributed by atoms with Crippen LogP contribution in [0.2, 0.25) is 0 Å². The third-order valence-electron chi connectivity index (χ3n) is 3.53. The van der Waals surface area contributed by atoms with Crippen LogP contribution in [0.5, 0.6) is 0 Å². The van der Waals surface area contributed by atoms with Gasteiger partial charge in [0.2, 0.25) is 5.91 Å². The summed E-state index contributed by atoms with van der Waals surface area (Å²) in [5, 5.41) is 11.5. The lowest BCUT2D eigenvalue weighted by Crippen LogP contribution is -2.46. The molecule has 1 fully saturated rings. The van der Waals surface area contributed by atoms with E-state index in [2.05, 4.69) is 5.32 Å². The van der Waals surface area contributed by atoms with Crippen molar-refractivity contribution in [1.29, 1.82) is 0 Å². The van der Waals surface area contributed by atoms with Gasteiger partial charge in [-0.3, -0.25) is 14.4 Å². The highest BCUT2D eigenvalue weighted by molar-refractivity contribution is 5.97. The Morgan fingerprint density at radius 1 is 1.10 bits per heavy atom. The Bertz CT molecular complexity index is 506. The Kier molecular flexibility index (Phi) is 4.50. The Balaban J connectivity index is 1.69. The summed E-state index contributed by atoms with van der Waals surface area (Å²) in [4.78, 5) is 34.1. The maximum atomic E-state index is 11.8. The van der Waals surface area contributed by atoms with E-state index in [0.29, 0.717) is 18.4 Å². The number of carboxylic acid groups (broad SMARTS) is 1. The molecule has 0 aromatic heterocycles. The van der Waals surface area contributed by atoms with Gasteiger partial charge in [-0.05, 0) is 12.8 Å². The summed E-state index contributed by atoms with van der Waals surface area (Å²) in [5.41, 5.74) is 0.606. The van der Waals surface area contributed by atoms with Crippen LogP contribution in [-0.2, 0) is 9.59 Å². The van der Waals surface area contributed by atoms with Crippen LogP contribution in [0.3, 0.4) is 0 Å². The fraction of sp³-hybridized carbons (Fsp3) is 0.400. The molecule has 0 unspecified atom stereocenters. The van der Waals surface area contributed by atoms with E-state index in [1.54, 1.807) is 24.3 Å². The number of rotatable bonds is 6. The minimum Gasteiger partial charge on any atom is -0.481 e. The lowest BCUT2D eigenvalue weighted by atomic mass is 9.80. The van der Waals surface area contributed by atoms with Crippen molar-refractivity contribution in [2.45, 2.75) is 31.7 Å². The minimum atomic E-state index is -0.810. The van der Waals surface area contributed by atoms with Crippen LogP contribution in [0.15, 0.2) is 30.3 Å². The molecule has 1 amide bonds. The van der Waals surface area contributed by atoms with Crippen LogP contribution < -0.4 is 5.32 Å². The van der Waals surface area contributed by atoms with E-state index in [4.69, 9.17) is 5.11 Å². The van der Waals surface area contributed by atoms with Crippen LogP contribution in [0.4, 0.5) is 0 Å². The first-order valence-electron chi connectivity index (χ1n) is 6.66. The summed E-state index contributed by atoms with van der Waals surface area (Å²) in [6.45, 7) is 0. The Hall–Kier alpha value is -2.17. The number of aliphatic carboxylic acids is 1. The predicted molar refractivity (Wildman–Crippen MR) is 72.3 cm³/mol. The van der Waals surface area contributed by atoms with Crippen molar-refractivity contribution in [2.75, 3.05) is 0 Å². The number of carboxylic acids is 1. The van der Waals surface area contributed by atoms with Crippen LogP contribution in [-0.4, -0.2) is 28.8 Å². The average Bonchev–Trinajstić information content (AvgIpc) is 2.40. The predicted octanol–water partition coefficient (Wildman–Crippen LogP) is 1.63. The number of hydrogen-bond donors (Lipinski definition) is 2. The monoisotopic (exact) mass is 275 g/mol. The van der Waals surface area contributed by atoms with E-state index in [1.807, 2.05) is 6.07 Å². The number of hydrogen-bond acceptors (Lipinski definition) is 3. The average molecular weight is 275 g/mol. The molecule has 1 aliphatic carbocycles. The molecule has 0 saturated heterocycles. The molecular formula is C15H17NO4. The molecule has 1 aliphatic rings. The van der Waals surface area contributed by atoms with Crippen molar-refractivity contribution in [3.63, 3.8) is 0 Å². The fourth-order valence-corrected chi connectivity index (χ4v) is 2.23. The topological polar surface area (TPSA) is 83.5 Å². The highest BCUT2D eigenvalue weighted by atomic mass is 16.4. The first-order chi connectivity index (χ1) is 9.56. The lowest BCUT2D eigenvalue weighted by Gasteiger charge is -2.32. The molecule has 5 nitrogen and oxygen atoms in total. The van der Waals surface area contributed by atoms with Crippen LogP contribution in [0.25, 0.3) is 0 Å². The smallest absolute Gasteiger partial charge is 0.306 e. The van der Waals surface area contributed by atoms with Crippen molar-refractivity contribution >= 4 is 17.7 Å². The maximum Gasteiger partial charge on any atom is 0.306 e. The SMILES string of the molecule is O=C(CCC(=O)c1ccccc1)NC1CC(C(=O)O)C1. The summed E-state index contributed by atoms with van der Waals surface area (Å²) in [6.07, 6.45) is 1.27. The molecular weight excluding hydrogens is 258 g/mol. The molecule has 5 heteroatoms. The Morgan fingerprint density at radius 2 is 1.75 bits per heavy atom. The van der Waals surface area contributed by atoms with Gasteiger partial charge in [0, 0.05) is 24.4 Å². The van der Waals surface area contributed by atoms with Gasteiger partial charge in [0.25, 0.3) is 0 Å². The lowest BCUT2D eigenvalue weighted by molar-refractivity contribution is -0.146. The molecule has 0 heterocycles. The summed E-state index contributed by atoms with van der Waals surface area (Å²) in [5.74, 6) is -1.40. The number of benzene rings is 1. The molecule has 1 aromatic rings. The maximum absolute atomic E-state index is 11.8. The summed E-state index contributed by atoms with van der Waals surface area (Å²) >= 11 is 0. The van der Waals surface area contributed by atoms with Crippen LogP contribution in [0, 0.1) is 5.92 Å². The highest BCUT2D eigenvalue weighted by Gasteiger charge is 2.35. The normalized spacial score (nSPS) is 20.8. The number of ketones is 1. The highest BCUT2D eigenvalue weighted by Crippen LogP contribution is 2.27. The van der Waals surface area contributed by atoms with E-state index in [0.717, 1.165) is 0 Å². The Morgan fingerprint density at radius 3 is 2.35 bits per heavy atom. The summed E-state index contributed by atoms with van der Waals surface area (Å²) < 4.78 is 0. The van der Waals surface area contributed by atoms with E-state index in [-0.39, 0.29) is 36.5 Å². The number of Topliss-reactive ketones (excluding diaryl/α,β-unsaturated/α-hetero) is 1. The fourth-order valence-electron chi connectivity index (χ4n) is 2.23. The third kappa shape index (κ3) is 3.66. The van der Waals surface area contributed by atoms with Gasteiger partial charge in [0.1, 0.15) is 0 Å². The van der Waals surface area contributed by atoms with Gasteiger partial charge in [-0.15, -0.1) is 0 Å². The third-order valence-corrected chi connectivity index (χ3v) is 3.53. The van der Waals surface area contributed by atoms with Gasteiger partial charge in [0.15, 0.2) is 5.78 Å². The molecule has 2 N–H and O–H groups in total. The van der Waals surface area contributed by atoms with Crippen molar-refractivity contribution in [2.24, 2.45) is 5.92 Å². The zero-order valence-corrected chi connectivity index (χ0v) is 11.0. The first kappa shape index (κ1) is 14.2. The van der Waals surface area contributed by atoms with Crippen molar-refractivity contribution in [1.82, 2.24) is 5.32 Å². The zero-order valence-electron chi connectivity index (χ0n) is 11.0. The number of amides is 1. The molecule has 0 spiro atoms. The largest absolute Gasteiger partial charge is 0.481 e. The number of nitrogens with one attached hydrogen (secondary N) is 1. The number of carbonyl (C=O) groups is 3. The summed E-state index contributed by atoms with van der Waals surface area (Å²) in [6, 6.07) is 8.79. The standard InChI is InChI=1S/C15H17NO4/c17-13(10-4-2-1-3-5-10)6-7-14(18)16-12-8-11(9-12)15(19)20/h1-5,11-12H,6-9H2,(H,16,18)(H,19,20). The van der Waals surface area contributed by atoms with Gasteiger partial charge in [0.05, 0.1) is 5.92 Å². The van der Waals surface area contributed by atoms with Crippen LogP contribution >= 0.6 is 0 Å². The van der Waals surface area contributed by atoms with Crippen LogP contribution in [0.1, 0.15) is 36.0 Å². The van der Waals surface area contributed by atoms with Crippen molar-refractivity contribution < 1.29 is 19.5 Å². The van der Waals surface area contributed by atoms with Crippen molar-refractivity contribution in [3.8, 4) is 0 Å². The molecule has 0 radical (unpaired) electrons. The second kappa shape index (κ2) is 6.32. The van der Waals surface area contributed by atoms with Crippen molar-refractivity contribution in [3.05, 3.63) is 35.9 Å². The quantitative estimate of drug-likeness (QED) is 0.773. The van der Waals surface area contributed by atoms with E-state index in [9.17, 15) is 14.4 Å².